The second-order valence-electron chi connectivity index (χ2n) is 5.02. The van der Waals surface area contributed by atoms with Gasteiger partial charge in [0.1, 0.15) is 0 Å². The summed E-state index contributed by atoms with van der Waals surface area (Å²) in [7, 11) is 3.94. The Hall–Kier alpha value is -2.23. The molecule has 6 nitrogen and oxygen atoms in total. The lowest BCUT2D eigenvalue weighted by atomic mass is 10.00. The van der Waals surface area contributed by atoms with Crippen molar-refractivity contribution in [2.24, 2.45) is 14.1 Å². The Balaban J connectivity index is 2.66. The van der Waals surface area contributed by atoms with Crippen molar-refractivity contribution in [3.05, 3.63) is 51.2 Å². The maximum absolute atomic E-state index is 13.0. The Morgan fingerprint density at radius 2 is 1.96 bits per heavy atom. The van der Waals surface area contributed by atoms with Crippen LogP contribution in [-0.4, -0.2) is 27.4 Å². The first-order valence-electron chi connectivity index (χ1n) is 6.65. The minimum atomic E-state index is -4.59. The maximum atomic E-state index is 13.0. The SMILES string of the molecule is COC(=O)c1ccc(C(F)(F)F)cc1C(S)c1nn(C)c(=O)n1C. The van der Waals surface area contributed by atoms with Crippen LogP contribution in [0.25, 0.3) is 0 Å². The summed E-state index contributed by atoms with van der Waals surface area (Å²) in [5.41, 5.74) is -1.53. The molecule has 1 aromatic heterocycles. The van der Waals surface area contributed by atoms with Gasteiger partial charge in [-0.05, 0) is 23.8 Å². The summed E-state index contributed by atoms with van der Waals surface area (Å²) in [4.78, 5) is 23.6. The van der Waals surface area contributed by atoms with Crippen LogP contribution in [0.2, 0.25) is 0 Å². The number of ether oxygens (including phenoxy) is 1. The van der Waals surface area contributed by atoms with Gasteiger partial charge in [-0.3, -0.25) is 4.57 Å². The van der Waals surface area contributed by atoms with Gasteiger partial charge in [0.15, 0.2) is 5.82 Å². The molecular formula is C14H14F3N3O3S. The first kappa shape index (κ1) is 18.1. The Morgan fingerprint density at radius 1 is 1.33 bits per heavy atom. The monoisotopic (exact) mass is 361 g/mol. The number of nitrogens with zero attached hydrogens (tertiary/aromatic N) is 3. The topological polar surface area (TPSA) is 66.1 Å². The van der Waals surface area contributed by atoms with Crippen LogP contribution in [0.4, 0.5) is 13.2 Å². The number of thiol groups is 1. The van der Waals surface area contributed by atoms with Gasteiger partial charge in [-0.1, -0.05) is 0 Å². The van der Waals surface area contributed by atoms with Gasteiger partial charge in [0.2, 0.25) is 0 Å². The van der Waals surface area contributed by atoms with Crippen molar-refractivity contribution in [1.29, 1.82) is 0 Å². The molecule has 0 saturated carbocycles. The number of alkyl halides is 3. The van der Waals surface area contributed by atoms with E-state index in [4.69, 9.17) is 0 Å². The molecule has 0 bridgehead atoms. The van der Waals surface area contributed by atoms with Crippen molar-refractivity contribution in [2.45, 2.75) is 11.4 Å². The predicted molar refractivity (Wildman–Crippen MR) is 82.1 cm³/mol. The standard InChI is InChI=1S/C14H14F3N3O3S/c1-19-11(18-20(2)13(19)22)10(24)9-6-7(14(15,16)17)4-5-8(9)12(21)23-3/h4-6,10,24H,1-3H3. The quantitative estimate of drug-likeness (QED) is 0.670. The molecule has 2 aromatic rings. The highest BCUT2D eigenvalue weighted by Gasteiger charge is 2.33. The van der Waals surface area contributed by atoms with E-state index >= 15 is 0 Å². The first-order chi connectivity index (χ1) is 11.1. The van der Waals surface area contributed by atoms with Gasteiger partial charge in [-0.15, -0.1) is 0 Å². The number of rotatable bonds is 3. The van der Waals surface area contributed by atoms with Crippen LogP contribution in [0, 0.1) is 0 Å². The highest BCUT2D eigenvalue weighted by atomic mass is 32.1. The van der Waals surface area contributed by atoms with Crippen molar-refractivity contribution >= 4 is 18.6 Å². The smallest absolute Gasteiger partial charge is 0.416 e. The summed E-state index contributed by atoms with van der Waals surface area (Å²) in [6.45, 7) is 0. The van der Waals surface area contributed by atoms with E-state index in [0.29, 0.717) is 0 Å². The molecule has 0 radical (unpaired) electrons. The van der Waals surface area contributed by atoms with E-state index in [0.717, 1.165) is 34.6 Å². The summed E-state index contributed by atoms with van der Waals surface area (Å²) in [5, 5.41) is 2.93. The molecule has 1 heterocycles. The van der Waals surface area contributed by atoms with E-state index in [1.165, 1.54) is 14.1 Å². The number of halogens is 3. The number of benzene rings is 1. The Kier molecular flexibility index (Phi) is 4.79. The van der Waals surface area contributed by atoms with Crippen LogP contribution in [0.5, 0.6) is 0 Å². The lowest BCUT2D eigenvalue weighted by Crippen LogP contribution is -2.21. The second kappa shape index (κ2) is 6.34. The normalized spacial score (nSPS) is 13.0. The van der Waals surface area contributed by atoms with E-state index in [-0.39, 0.29) is 17.0 Å². The van der Waals surface area contributed by atoms with Crippen LogP contribution >= 0.6 is 12.6 Å². The zero-order valence-corrected chi connectivity index (χ0v) is 13.9. The van der Waals surface area contributed by atoms with Gasteiger partial charge in [-0.2, -0.15) is 30.9 Å². The molecule has 2 rings (SSSR count). The van der Waals surface area contributed by atoms with Crippen molar-refractivity contribution in [3.63, 3.8) is 0 Å². The molecular weight excluding hydrogens is 347 g/mol. The molecule has 1 atom stereocenters. The number of aryl methyl sites for hydroxylation is 1. The molecule has 0 spiro atoms. The summed E-state index contributed by atoms with van der Waals surface area (Å²) in [6, 6.07) is 2.62. The number of carbonyl (C=O) groups is 1. The van der Waals surface area contributed by atoms with Crippen LogP contribution in [0.1, 0.15) is 32.6 Å². The zero-order valence-electron chi connectivity index (χ0n) is 13.0. The van der Waals surface area contributed by atoms with Crippen LogP contribution < -0.4 is 5.69 Å². The van der Waals surface area contributed by atoms with Gasteiger partial charge < -0.3 is 4.74 Å². The average molecular weight is 361 g/mol. The molecule has 0 aliphatic rings. The van der Waals surface area contributed by atoms with Gasteiger partial charge in [0.05, 0.1) is 23.5 Å². The number of hydrogen-bond acceptors (Lipinski definition) is 5. The number of aromatic nitrogens is 3. The summed E-state index contributed by atoms with van der Waals surface area (Å²) in [6.07, 6.45) is -4.59. The molecule has 0 saturated heterocycles. The molecule has 10 heteroatoms. The summed E-state index contributed by atoms with van der Waals surface area (Å²) in [5.74, 6) is -0.700. The van der Waals surface area contributed by atoms with Gasteiger partial charge in [-0.25, -0.2) is 14.3 Å². The van der Waals surface area contributed by atoms with E-state index < -0.39 is 28.6 Å². The third-order valence-electron chi connectivity index (χ3n) is 3.48. The second-order valence-corrected chi connectivity index (χ2v) is 5.53. The fraction of sp³-hybridized carbons (Fsp3) is 0.357. The predicted octanol–water partition coefficient (Wildman–Crippen LogP) is 1.94. The van der Waals surface area contributed by atoms with Crippen molar-refractivity contribution in [2.75, 3.05) is 7.11 Å². The molecule has 1 aromatic carbocycles. The molecule has 0 aliphatic heterocycles. The molecule has 0 aliphatic carbocycles. The zero-order chi connectivity index (χ0) is 18.2. The maximum Gasteiger partial charge on any atom is 0.416 e. The number of methoxy groups -OCH3 is 1. The minimum Gasteiger partial charge on any atom is -0.465 e. The third-order valence-corrected chi connectivity index (χ3v) is 3.99. The minimum absolute atomic E-state index is 0.0475. The lowest BCUT2D eigenvalue weighted by molar-refractivity contribution is -0.137. The highest BCUT2D eigenvalue weighted by molar-refractivity contribution is 7.80. The fourth-order valence-electron chi connectivity index (χ4n) is 2.22. The highest BCUT2D eigenvalue weighted by Crippen LogP contribution is 2.35. The lowest BCUT2D eigenvalue weighted by Gasteiger charge is -2.16. The summed E-state index contributed by atoms with van der Waals surface area (Å²) < 4.78 is 45.7. The molecule has 0 N–H and O–H groups in total. The van der Waals surface area contributed by atoms with Gasteiger partial charge >= 0.3 is 17.8 Å². The molecule has 0 fully saturated rings. The Morgan fingerprint density at radius 3 is 2.42 bits per heavy atom. The summed E-state index contributed by atoms with van der Waals surface area (Å²) >= 11 is 4.27. The van der Waals surface area contributed by atoms with Crippen molar-refractivity contribution in [1.82, 2.24) is 14.3 Å². The van der Waals surface area contributed by atoms with Crippen LogP contribution in [0.15, 0.2) is 23.0 Å². The van der Waals surface area contributed by atoms with Gasteiger partial charge in [0.25, 0.3) is 0 Å². The first-order valence-corrected chi connectivity index (χ1v) is 7.17. The fourth-order valence-corrected chi connectivity index (χ4v) is 2.66. The van der Waals surface area contributed by atoms with E-state index in [9.17, 15) is 22.8 Å². The van der Waals surface area contributed by atoms with Crippen LogP contribution in [-0.2, 0) is 25.0 Å². The Labute approximate surface area is 140 Å². The van der Waals surface area contributed by atoms with Crippen LogP contribution in [0.3, 0.4) is 0 Å². The number of hydrogen-bond donors (Lipinski definition) is 1. The van der Waals surface area contributed by atoms with Gasteiger partial charge in [0, 0.05) is 14.1 Å². The largest absolute Gasteiger partial charge is 0.465 e. The number of esters is 1. The molecule has 1 unspecified atom stereocenters. The Bertz CT molecular complexity index is 842. The van der Waals surface area contributed by atoms with E-state index in [1.54, 1.807) is 0 Å². The van der Waals surface area contributed by atoms with E-state index in [1.807, 2.05) is 0 Å². The molecule has 24 heavy (non-hydrogen) atoms. The van der Waals surface area contributed by atoms with E-state index in [2.05, 4.69) is 22.5 Å². The third kappa shape index (κ3) is 3.18. The van der Waals surface area contributed by atoms with Crippen molar-refractivity contribution in [3.8, 4) is 0 Å². The van der Waals surface area contributed by atoms with Crippen molar-refractivity contribution < 1.29 is 22.7 Å². The number of carbonyl (C=O) groups excluding carboxylic acids is 1. The average Bonchev–Trinajstić information content (AvgIpc) is 2.79. The molecule has 130 valence electrons. The molecule has 0 amide bonds.